The number of ether oxygens (including phenoxy) is 3. The Morgan fingerprint density at radius 2 is 1.21 bits per heavy atom. The second-order valence-corrected chi connectivity index (χ2v) is 4.58. The molecule has 0 rings (SSSR count). The van der Waals surface area contributed by atoms with Gasteiger partial charge in [-0.2, -0.15) is 0 Å². The van der Waals surface area contributed by atoms with Crippen molar-refractivity contribution < 1.29 is 14.2 Å². The molecule has 0 spiro atoms. The van der Waals surface area contributed by atoms with Crippen LogP contribution in [-0.2, 0) is 14.2 Å². The van der Waals surface area contributed by atoms with Crippen molar-refractivity contribution in [3.63, 3.8) is 0 Å². The summed E-state index contributed by atoms with van der Waals surface area (Å²) in [6.45, 7) is 13.8. The summed E-state index contributed by atoms with van der Waals surface area (Å²) in [6.07, 6.45) is 0. The van der Waals surface area contributed by atoms with Crippen LogP contribution < -0.4 is 0 Å². The predicted molar refractivity (Wildman–Crippen MR) is 57.1 cm³/mol. The minimum atomic E-state index is -0.892. The van der Waals surface area contributed by atoms with Crippen LogP contribution >= 0.6 is 0 Å². The second kappa shape index (κ2) is 5.69. The summed E-state index contributed by atoms with van der Waals surface area (Å²) in [6, 6.07) is 0. The zero-order chi connectivity index (χ0) is 11.2. The molecule has 0 aromatic rings. The number of hydrogen-bond donors (Lipinski definition) is 0. The lowest BCUT2D eigenvalue weighted by Crippen LogP contribution is -2.38. The maximum absolute atomic E-state index is 5.63. The molecule has 0 radical (unpaired) electrons. The van der Waals surface area contributed by atoms with E-state index in [9.17, 15) is 0 Å². The standard InChI is InChI=1S/C11H24O3/c1-7-12-11(6,13-8-2)14-9-10(3,4)5/h7-9H2,1-6H3. The molecular formula is C11H24O3. The first kappa shape index (κ1) is 13.9. The average Bonchev–Trinajstić information content (AvgIpc) is 2.01. The molecule has 86 valence electrons. The smallest absolute Gasteiger partial charge is 0.279 e. The Morgan fingerprint density at radius 1 is 0.786 bits per heavy atom. The van der Waals surface area contributed by atoms with Gasteiger partial charge < -0.3 is 14.2 Å². The predicted octanol–water partition coefficient (Wildman–Crippen LogP) is 2.80. The van der Waals surface area contributed by atoms with Crippen LogP contribution in [0.5, 0.6) is 0 Å². The van der Waals surface area contributed by atoms with Crippen molar-refractivity contribution in [1.29, 1.82) is 0 Å². The molecule has 0 N–H and O–H groups in total. The van der Waals surface area contributed by atoms with Crippen LogP contribution in [0.2, 0.25) is 0 Å². The van der Waals surface area contributed by atoms with Crippen molar-refractivity contribution in [1.82, 2.24) is 0 Å². The van der Waals surface area contributed by atoms with Crippen molar-refractivity contribution in [3.8, 4) is 0 Å². The summed E-state index contributed by atoms with van der Waals surface area (Å²) < 4.78 is 16.5. The summed E-state index contributed by atoms with van der Waals surface area (Å²) in [5.41, 5.74) is 0.120. The van der Waals surface area contributed by atoms with Gasteiger partial charge in [-0.3, -0.25) is 0 Å². The molecule has 14 heavy (non-hydrogen) atoms. The largest absolute Gasteiger partial charge is 0.328 e. The molecule has 0 saturated carbocycles. The van der Waals surface area contributed by atoms with Gasteiger partial charge >= 0.3 is 0 Å². The summed E-state index contributed by atoms with van der Waals surface area (Å²) in [5, 5.41) is 0. The summed E-state index contributed by atoms with van der Waals surface area (Å²) >= 11 is 0. The first-order valence-corrected chi connectivity index (χ1v) is 5.25. The highest BCUT2D eigenvalue weighted by atomic mass is 16.9. The number of hydrogen-bond acceptors (Lipinski definition) is 3. The van der Waals surface area contributed by atoms with Gasteiger partial charge in [0, 0.05) is 20.1 Å². The summed E-state index contributed by atoms with van der Waals surface area (Å²) in [7, 11) is 0. The third kappa shape index (κ3) is 6.35. The van der Waals surface area contributed by atoms with E-state index in [4.69, 9.17) is 14.2 Å². The molecular weight excluding hydrogens is 180 g/mol. The third-order valence-electron chi connectivity index (χ3n) is 1.58. The average molecular weight is 204 g/mol. The Bertz CT molecular complexity index is 143. The Balaban J connectivity index is 4.08. The van der Waals surface area contributed by atoms with Crippen LogP contribution in [0.25, 0.3) is 0 Å². The fourth-order valence-electron chi connectivity index (χ4n) is 0.997. The van der Waals surface area contributed by atoms with Crippen molar-refractivity contribution >= 4 is 0 Å². The van der Waals surface area contributed by atoms with Crippen molar-refractivity contribution in [3.05, 3.63) is 0 Å². The van der Waals surface area contributed by atoms with Crippen LogP contribution in [0.3, 0.4) is 0 Å². The van der Waals surface area contributed by atoms with Crippen LogP contribution in [0, 0.1) is 5.41 Å². The molecule has 0 atom stereocenters. The zero-order valence-corrected chi connectivity index (χ0v) is 10.3. The van der Waals surface area contributed by atoms with Gasteiger partial charge in [0.05, 0.1) is 6.61 Å². The van der Waals surface area contributed by atoms with E-state index in [1.165, 1.54) is 0 Å². The molecule has 3 nitrogen and oxygen atoms in total. The summed E-state index contributed by atoms with van der Waals surface area (Å²) in [5.74, 6) is -0.892. The lowest BCUT2D eigenvalue weighted by Gasteiger charge is -2.31. The Morgan fingerprint density at radius 3 is 1.50 bits per heavy atom. The maximum Gasteiger partial charge on any atom is 0.279 e. The Labute approximate surface area is 87.7 Å². The highest BCUT2D eigenvalue weighted by molar-refractivity contribution is 4.61. The van der Waals surface area contributed by atoms with E-state index in [1.807, 2.05) is 20.8 Å². The fraction of sp³-hybridized carbons (Fsp3) is 1.00. The minimum Gasteiger partial charge on any atom is -0.328 e. The lowest BCUT2D eigenvalue weighted by atomic mass is 9.99. The molecule has 0 unspecified atom stereocenters. The molecule has 0 saturated heterocycles. The molecule has 0 aliphatic heterocycles. The topological polar surface area (TPSA) is 27.7 Å². The first-order chi connectivity index (χ1) is 6.33. The maximum atomic E-state index is 5.63. The van der Waals surface area contributed by atoms with Gasteiger partial charge in [-0.15, -0.1) is 0 Å². The summed E-state index contributed by atoms with van der Waals surface area (Å²) in [4.78, 5) is 0. The van der Waals surface area contributed by atoms with Gasteiger partial charge in [0.25, 0.3) is 5.97 Å². The number of rotatable bonds is 6. The first-order valence-electron chi connectivity index (χ1n) is 5.25. The Kier molecular flexibility index (Phi) is 5.64. The van der Waals surface area contributed by atoms with Crippen LogP contribution in [0.15, 0.2) is 0 Å². The van der Waals surface area contributed by atoms with E-state index in [2.05, 4.69) is 20.8 Å². The van der Waals surface area contributed by atoms with Crippen LogP contribution in [0.4, 0.5) is 0 Å². The highest BCUT2D eigenvalue weighted by Gasteiger charge is 2.28. The Hall–Kier alpha value is -0.120. The molecule has 3 heteroatoms. The van der Waals surface area contributed by atoms with E-state index in [1.54, 1.807) is 0 Å². The molecule has 0 aromatic heterocycles. The molecule has 0 amide bonds. The normalized spacial score (nSPS) is 13.3. The van der Waals surface area contributed by atoms with E-state index in [0.29, 0.717) is 19.8 Å². The van der Waals surface area contributed by atoms with E-state index in [-0.39, 0.29) is 5.41 Å². The lowest BCUT2D eigenvalue weighted by molar-refractivity contribution is -0.372. The molecule has 0 aliphatic rings. The molecule has 0 aromatic carbocycles. The molecule has 0 aliphatic carbocycles. The van der Waals surface area contributed by atoms with Crippen molar-refractivity contribution in [2.75, 3.05) is 19.8 Å². The second-order valence-electron chi connectivity index (χ2n) is 4.58. The van der Waals surface area contributed by atoms with Gasteiger partial charge in [-0.25, -0.2) is 0 Å². The third-order valence-corrected chi connectivity index (χ3v) is 1.58. The SMILES string of the molecule is CCOC(C)(OCC)OCC(C)(C)C. The van der Waals surface area contributed by atoms with Crippen LogP contribution in [0.1, 0.15) is 41.5 Å². The van der Waals surface area contributed by atoms with Gasteiger partial charge in [-0.05, 0) is 19.3 Å². The minimum absolute atomic E-state index is 0.120. The highest BCUT2D eigenvalue weighted by Crippen LogP contribution is 2.20. The van der Waals surface area contributed by atoms with E-state index in [0.717, 1.165) is 0 Å². The zero-order valence-electron chi connectivity index (χ0n) is 10.3. The van der Waals surface area contributed by atoms with Crippen LogP contribution in [-0.4, -0.2) is 25.8 Å². The van der Waals surface area contributed by atoms with E-state index >= 15 is 0 Å². The molecule has 0 fully saturated rings. The van der Waals surface area contributed by atoms with Gasteiger partial charge in [-0.1, -0.05) is 20.8 Å². The molecule has 0 bridgehead atoms. The fourth-order valence-corrected chi connectivity index (χ4v) is 0.997. The van der Waals surface area contributed by atoms with Crippen molar-refractivity contribution in [2.24, 2.45) is 5.41 Å². The van der Waals surface area contributed by atoms with E-state index < -0.39 is 5.97 Å². The monoisotopic (exact) mass is 204 g/mol. The van der Waals surface area contributed by atoms with Gasteiger partial charge in [0.15, 0.2) is 0 Å². The quantitative estimate of drug-likeness (QED) is 0.623. The van der Waals surface area contributed by atoms with Gasteiger partial charge in [0.1, 0.15) is 0 Å². The van der Waals surface area contributed by atoms with Gasteiger partial charge in [0.2, 0.25) is 0 Å². The van der Waals surface area contributed by atoms with Crippen molar-refractivity contribution in [2.45, 2.75) is 47.5 Å². The molecule has 0 heterocycles.